The lowest BCUT2D eigenvalue weighted by molar-refractivity contribution is 0.0179. The van der Waals surface area contributed by atoms with Crippen molar-refractivity contribution in [3.63, 3.8) is 0 Å². The summed E-state index contributed by atoms with van der Waals surface area (Å²) in [4.78, 5) is 0. The molecule has 0 heterocycles. The standard InChI is InChI=1S/C16H23ClFNO/c1-20-16(12-5-3-2-4-6-12)15(19)10-11-7-8-14(18)13(17)9-11/h7-9,12,15-16H,2-6,10,19H2,1H3. The Balaban J connectivity index is 2.00. The Labute approximate surface area is 125 Å². The Hall–Kier alpha value is -0.640. The molecule has 0 radical (unpaired) electrons. The van der Waals surface area contributed by atoms with Gasteiger partial charge in [-0.25, -0.2) is 4.39 Å². The number of nitrogens with two attached hydrogens (primary N) is 1. The fourth-order valence-electron chi connectivity index (χ4n) is 3.23. The monoisotopic (exact) mass is 299 g/mol. The number of methoxy groups -OCH3 is 1. The van der Waals surface area contributed by atoms with E-state index in [4.69, 9.17) is 22.1 Å². The van der Waals surface area contributed by atoms with E-state index in [1.165, 1.54) is 38.2 Å². The third-order valence-electron chi connectivity index (χ3n) is 4.26. The van der Waals surface area contributed by atoms with E-state index in [9.17, 15) is 4.39 Å². The first-order chi connectivity index (χ1) is 9.61. The van der Waals surface area contributed by atoms with Gasteiger partial charge < -0.3 is 10.5 Å². The van der Waals surface area contributed by atoms with Crippen LogP contribution in [-0.4, -0.2) is 19.3 Å². The fourth-order valence-corrected chi connectivity index (χ4v) is 3.44. The van der Waals surface area contributed by atoms with Gasteiger partial charge in [0, 0.05) is 13.2 Å². The second-order valence-electron chi connectivity index (χ2n) is 5.71. The smallest absolute Gasteiger partial charge is 0.141 e. The van der Waals surface area contributed by atoms with Crippen molar-refractivity contribution in [3.8, 4) is 0 Å². The molecular weight excluding hydrogens is 277 g/mol. The molecule has 2 nitrogen and oxygen atoms in total. The van der Waals surface area contributed by atoms with Gasteiger partial charge in [-0.1, -0.05) is 36.9 Å². The minimum atomic E-state index is -0.389. The Morgan fingerprint density at radius 1 is 1.35 bits per heavy atom. The normalized spacial score (nSPS) is 19.8. The first-order valence-corrected chi connectivity index (χ1v) is 7.72. The van der Waals surface area contributed by atoms with Gasteiger partial charge in [-0.15, -0.1) is 0 Å². The van der Waals surface area contributed by atoms with Gasteiger partial charge in [0.15, 0.2) is 0 Å². The third-order valence-corrected chi connectivity index (χ3v) is 4.55. The highest BCUT2D eigenvalue weighted by molar-refractivity contribution is 6.30. The number of benzene rings is 1. The maximum absolute atomic E-state index is 13.2. The topological polar surface area (TPSA) is 35.2 Å². The van der Waals surface area contributed by atoms with Crippen molar-refractivity contribution in [2.45, 2.75) is 50.7 Å². The number of halogens is 2. The lowest BCUT2D eigenvalue weighted by Gasteiger charge is -2.33. The van der Waals surface area contributed by atoms with Crippen molar-refractivity contribution in [2.24, 2.45) is 11.7 Å². The molecule has 0 spiro atoms. The van der Waals surface area contributed by atoms with Gasteiger partial charge >= 0.3 is 0 Å². The van der Waals surface area contributed by atoms with Crippen LogP contribution in [0.5, 0.6) is 0 Å². The van der Waals surface area contributed by atoms with E-state index in [0.29, 0.717) is 12.3 Å². The number of hydrogen-bond acceptors (Lipinski definition) is 2. The molecule has 112 valence electrons. The second kappa shape index (κ2) is 7.39. The largest absolute Gasteiger partial charge is 0.380 e. The van der Waals surface area contributed by atoms with Crippen molar-refractivity contribution >= 4 is 11.6 Å². The molecule has 1 aromatic rings. The van der Waals surface area contributed by atoms with E-state index in [1.807, 2.05) is 0 Å². The summed E-state index contributed by atoms with van der Waals surface area (Å²) in [5, 5.41) is 0.154. The average Bonchev–Trinajstić information content (AvgIpc) is 2.45. The molecule has 4 heteroatoms. The number of hydrogen-bond donors (Lipinski definition) is 1. The summed E-state index contributed by atoms with van der Waals surface area (Å²) in [5.74, 6) is 0.152. The van der Waals surface area contributed by atoms with Gasteiger partial charge in [-0.05, 0) is 42.9 Å². The lowest BCUT2D eigenvalue weighted by atomic mass is 9.81. The summed E-state index contributed by atoms with van der Waals surface area (Å²) in [7, 11) is 1.73. The Bertz CT molecular complexity index is 434. The van der Waals surface area contributed by atoms with Gasteiger partial charge in [0.05, 0.1) is 11.1 Å². The van der Waals surface area contributed by atoms with Crippen LogP contribution < -0.4 is 5.73 Å². The summed E-state index contributed by atoms with van der Waals surface area (Å²) in [6.45, 7) is 0. The Morgan fingerprint density at radius 2 is 2.05 bits per heavy atom. The molecule has 1 aliphatic rings. The lowest BCUT2D eigenvalue weighted by Crippen LogP contribution is -2.43. The van der Waals surface area contributed by atoms with Gasteiger partial charge in [0.25, 0.3) is 0 Å². The molecule has 1 fully saturated rings. The summed E-state index contributed by atoms with van der Waals surface area (Å²) in [6.07, 6.45) is 6.95. The van der Waals surface area contributed by atoms with Crippen molar-refractivity contribution in [3.05, 3.63) is 34.6 Å². The molecule has 2 unspecified atom stereocenters. The highest BCUT2D eigenvalue weighted by Gasteiger charge is 2.28. The number of ether oxygens (including phenoxy) is 1. The Morgan fingerprint density at radius 3 is 2.65 bits per heavy atom. The van der Waals surface area contributed by atoms with Crippen LogP contribution in [0.3, 0.4) is 0 Å². The zero-order valence-corrected chi connectivity index (χ0v) is 12.7. The van der Waals surface area contributed by atoms with Gasteiger partial charge in [0.2, 0.25) is 0 Å². The van der Waals surface area contributed by atoms with Crippen LogP contribution in [0.25, 0.3) is 0 Å². The zero-order valence-electron chi connectivity index (χ0n) is 11.9. The maximum atomic E-state index is 13.2. The van der Waals surface area contributed by atoms with Crippen LogP contribution in [0, 0.1) is 11.7 Å². The first-order valence-electron chi connectivity index (χ1n) is 7.34. The molecule has 0 aromatic heterocycles. The minimum Gasteiger partial charge on any atom is -0.380 e. The molecule has 0 aliphatic heterocycles. The summed E-state index contributed by atoms with van der Waals surface area (Å²) < 4.78 is 18.8. The quantitative estimate of drug-likeness (QED) is 0.893. The molecule has 2 atom stereocenters. The van der Waals surface area contributed by atoms with Crippen LogP contribution in [0.15, 0.2) is 18.2 Å². The predicted molar refractivity (Wildman–Crippen MR) is 80.5 cm³/mol. The molecule has 1 aromatic carbocycles. The first kappa shape index (κ1) is 15.7. The van der Waals surface area contributed by atoms with Crippen LogP contribution in [0.4, 0.5) is 4.39 Å². The molecule has 0 amide bonds. The van der Waals surface area contributed by atoms with Gasteiger partial charge in [-0.2, -0.15) is 0 Å². The molecular formula is C16H23ClFNO. The SMILES string of the molecule is COC(C(N)Cc1ccc(F)c(Cl)c1)C1CCCCC1. The average molecular weight is 300 g/mol. The van der Waals surface area contributed by atoms with Crippen LogP contribution >= 0.6 is 11.6 Å². The van der Waals surface area contributed by atoms with Crippen LogP contribution in [-0.2, 0) is 11.2 Å². The van der Waals surface area contributed by atoms with Crippen molar-refractivity contribution in [1.29, 1.82) is 0 Å². The van der Waals surface area contributed by atoms with Gasteiger partial charge in [0.1, 0.15) is 5.82 Å². The summed E-state index contributed by atoms with van der Waals surface area (Å²) >= 11 is 5.81. The van der Waals surface area contributed by atoms with Crippen molar-refractivity contribution in [1.82, 2.24) is 0 Å². The molecule has 1 saturated carbocycles. The van der Waals surface area contributed by atoms with E-state index < -0.39 is 0 Å². The maximum Gasteiger partial charge on any atom is 0.141 e. The second-order valence-corrected chi connectivity index (χ2v) is 6.12. The van der Waals surface area contributed by atoms with Crippen LogP contribution in [0.1, 0.15) is 37.7 Å². The van der Waals surface area contributed by atoms with E-state index in [0.717, 1.165) is 5.56 Å². The summed E-state index contributed by atoms with van der Waals surface area (Å²) in [6, 6.07) is 4.72. The highest BCUT2D eigenvalue weighted by Crippen LogP contribution is 2.29. The van der Waals surface area contributed by atoms with E-state index in [2.05, 4.69) is 0 Å². The molecule has 1 aliphatic carbocycles. The molecule has 2 rings (SSSR count). The van der Waals surface area contributed by atoms with E-state index in [-0.39, 0.29) is 23.0 Å². The molecule has 2 N–H and O–H groups in total. The van der Waals surface area contributed by atoms with Crippen LogP contribution in [0.2, 0.25) is 5.02 Å². The molecule has 20 heavy (non-hydrogen) atoms. The minimum absolute atomic E-state index is 0.0686. The zero-order chi connectivity index (χ0) is 14.5. The number of rotatable bonds is 5. The third kappa shape index (κ3) is 3.94. The summed E-state index contributed by atoms with van der Waals surface area (Å²) in [5.41, 5.74) is 7.28. The van der Waals surface area contributed by atoms with Crippen molar-refractivity contribution in [2.75, 3.05) is 7.11 Å². The molecule has 0 saturated heterocycles. The molecule has 0 bridgehead atoms. The predicted octanol–water partition coefficient (Wildman–Crippen LogP) is 3.94. The highest BCUT2D eigenvalue weighted by atomic mass is 35.5. The van der Waals surface area contributed by atoms with Gasteiger partial charge in [-0.3, -0.25) is 0 Å². The Kier molecular flexibility index (Phi) is 5.82. The fraction of sp³-hybridized carbons (Fsp3) is 0.625. The van der Waals surface area contributed by atoms with E-state index in [1.54, 1.807) is 19.2 Å². The van der Waals surface area contributed by atoms with Crippen molar-refractivity contribution < 1.29 is 9.13 Å². The van der Waals surface area contributed by atoms with E-state index >= 15 is 0 Å².